The summed E-state index contributed by atoms with van der Waals surface area (Å²) in [6.45, 7) is 2.06. The van der Waals surface area contributed by atoms with Crippen molar-refractivity contribution in [1.29, 1.82) is 0 Å². The van der Waals surface area contributed by atoms with Crippen molar-refractivity contribution in [3.05, 3.63) is 102 Å². The maximum atomic E-state index is 13.2. The van der Waals surface area contributed by atoms with Gasteiger partial charge in [-0.15, -0.1) is 5.10 Å². The number of aryl methyl sites for hydroxylation is 1. The summed E-state index contributed by atoms with van der Waals surface area (Å²) >= 11 is 1.47. The van der Waals surface area contributed by atoms with E-state index in [-0.39, 0.29) is 11.2 Å². The Hall–Kier alpha value is -3.18. The number of hydrogen-bond donors (Lipinski definition) is 0. The highest BCUT2D eigenvalue weighted by atomic mass is 32.2. The van der Waals surface area contributed by atoms with Gasteiger partial charge >= 0.3 is 0 Å². The average molecular weight is 400 g/mol. The SMILES string of the molecule is Cc1cccc(CC2S/C(=N/N=C/c3ccccc3)N(c3ccccc3)C2=O)c1. The van der Waals surface area contributed by atoms with Crippen LogP contribution >= 0.6 is 11.8 Å². The summed E-state index contributed by atoms with van der Waals surface area (Å²) in [5.41, 5.74) is 4.12. The Kier molecular flexibility index (Phi) is 5.86. The number of para-hydroxylation sites is 1. The fourth-order valence-corrected chi connectivity index (χ4v) is 4.35. The van der Waals surface area contributed by atoms with E-state index >= 15 is 0 Å². The third-order valence-electron chi connectivity index (χ3n) is 4.60. The molecule has 1 amide bonds. The van der Waals surface area contributed by atoms with Crippen LogP contribution in [0.25, 0.3) is 0 Å². The van der Waals surface area contributed by atoms with E-state index in [1.54, 1.807) is 11.1 Å². The summed E-state index contributed by atoms with van der Waals surface area (Å²) in [5, 5.41) is 9.01. The van der Waals surface area contributed by atoms with E-state index < -0.39 is 0 Å². The van der Waals surface area contributed by atoms with Crippen molar-refractivity contribution in [2.75, 3.05) is 4.90 Å². The van der Waals surface area contributed by atoms with Crippen LogP contribution in [0.3, 0.4) is 0 Å². The summed E-state index contributed by atoms with van der Waals surface area (Å²) in [4.78, 5) is 14.9. The first-order chi connectivity index (χ1) is 14.2. The molecule has 4 nitrogen and oxygen atoms in total. The van der Waals surface area contributed by atoms with E-state index in [9.17, 15) is 4.79 Å². The van der Waals surface area contributed by atoms with Gasteiger partial charge in [-0.25, -0.2) is 0 Å². The molecule has 0 spiro atoms. The lowest BCUT2D eigenvalue weighted by atomic mass is 10.1. The van der Waals surface area contributed by atoms with E-state index in [1.807, 2.05) is 66.7 Å². The average Bonchev–Trinajstić information content (AvgIpc) is 3.04. The maximum Gasteiger partial charge on any atom is 0.247 e. The minimum Gasteiger partial charge on any atom is -0.273 e. The quantitative estimate of drug-likeness (QED) is 0.444. The van der Waals surface area contributed by atoms with Crippen molar-refractivity contribution < 1.29 is 4.79 Å². The number of anilines is 1. The molecule has 1 heterocycles. The molecule has 3 aromatic carbocycles. The largest absolute Gasteiger partial charge is 0.273 e. The summed E-state index contributed by atoms with van der Waals surface area (Å²) < 4.78 is 0. The second kappa shape index (κ2) is 8.88. The minimum atomic E-state index is -0.220. The highest BCUT2D eigenvalue weighted by Gasteiger charge is 2.39. The summed E-state index contributed by atoms with van der Waals surface area (Å²) in [6.07, 6.45) is 2.37. The first-order valence-corrected chi connectivity index (χ1v) is 10.4. The number of carbonyl (C=O) groups excluding carboxylic acids is 1. The number of benzene rings is 3. The molecule has 29 heavy (non-hydrogen) atoms. The topological polar surface area (TPSA) is 45.0 Å². The molecule has 0 saturated carbocycles. The van der Waals surface area contributed by atoms with Gasteiger partial charge in [-0.05, 0) is 36.6 Å². The fourth-order valence-electron chi connectivity index (χ4n) is 3.22. The lowest BCUT2D eigenvalue weighted by molar-refractivity contribution is -0.116. The van der Waals surface area contributed by atoms with Crippen LogP contribution in [-0.2, 0) is 11.2 Å². The smallest absolute Gasteiger partial charge is 0.247 e. The molecular weight excluding hydrogens is 378 g/mol. The van der Waals surface area contributed by atoms with E-state index in [4.69, 9.17) is 0 Å². The van der Waals surface area contributed by atoms with Crippen molar-refractivity contribution >= 4 is 34.7 Å². The standard InChI is InChI=1S/C24H21N3OS/c1-18-9-8-12-20(15-18)16-22-23(28)27(21-13-6-3-7-14-21)24(29-22)26-25-17-19-10-4-2-5-11-19/h2-15,17,22H,16H2,1H3/b25-17+,26-24+. The van der Waals surface area contributed by atoms with Gasteiger partial charge in [-0.3, -0.25) is 9.69 Å². The van der Waals surface area contributed by atoms with Crippen molar-refractivity contribution in [2.45, 2.75) is 18.6 Å². The molecule has 1 atom stereocenters. The van der Waals surface area contributed by atoms with Gasteiger partial charge in [-0.1, -0.05) is 90.1 Å². The molecule has 0 aliphatic carbocycles. The Morgan fingerprint density at radius 3 is 2.41 bits per heavy atom. The van der Waals surface area contributed by atoms with Crippen LogP contribution in [-0.4, -0.2) is 22.5 Å². The Morgan fingerprint density at radius 2 is 1.69 bits per heavy atom. The zero-order valence-electron chi connectivity index (χ0n) is 16.1. The van der Waals surface area contributed by atoms with Crippen LogP contribution in [0.15, 0.2) is 95.1 Å². The third kappa shape index (κ3) is 4.63. The van der Waals surface area contributed by atoms with Crippen molar-refractivity contribution in [1.82, 2.24) is 0 Å². The number of nitrogens with zero attached hydrogens (tertiary/aromatic N) is 3. The third-order valence-corrected chi connectivity index (χ3v) is 5.73. The number of hydrogen-bond acceptors (Lipinski definition) is 4. The van der Waals surface area contributed by atoms with Crippen LogP contribution in [0, 0.1) is 6.92 Å². The molecular formula is C24H21N3OS. The molecule has 0 aromatic heterocycles. The number of carbonyl (C=O) groups is 1. The molecule has 0 bridgehead atoms. The predicted molar refractivity (Wildman–Crippen MR) is 122 cm³/mol. The first-order valence-electron chi connectivity index (χ1n) is 9.48. The van der Waals surface area contributed by atoms with Gasteiger partial charge in [-0.2, -0.15) is 5.10 Å². The van der Waals surface area contributed by atoms with Crippen LogP contribution in [0.4, 0.5) is 5.69 Å². The Balaban J connectivity index is 1.61. The molecule has 1 saturated heterocycles. The molecule has 4 rings (SSSR count). The monoisotopic (exact) mass is 399 g/mol. The Bertz CT molecular complexity index is 1050. The summed E-state index contributed by atoms with van der Waals surface area (Å²) in [5.74, 6) is 0.0383. The van der Waals surface area contributed by atoms with Crippen molar-refractivity contribution in [2.24, 2.45) is 10.2 Å². The molecule has 3 aromatic rings. The normalized spacial score (nSPS) is 18.1. The summed E-state index contributed by atoms with van der Waals surface area (Å²) in [6, 6.07) is 27.7. The van der Waals surface area contributed by atoms with E-state index in [0.29, 0.717) is 11.6 Å². The highest BCUT2D eigenvalue weighted by molar-refractivity contribution is 8.16. The van der Waals surface area contributed by atoms with Gasteiger partial charge in [0.25, 0.3) is 0 Å². The van der Waals surface area contributed by atoms with Crippen LogP contribution < -0.4 is 4.90 Å². The second-order valence-corrected chi connectivity index (χ2v) is 8.02. The van der Waals surface area contributed by atoms with E-state index in [2.05, 4.69) is 35.3 Å². The Labute approximate surface area is 175 Å². The summed E-state index contributed by atoms with van der Waals surface area (Å²) in [7, 11) is 0. The fraction of sp³-hybridized carbons (Fsp3) is 0.125. The number of amidine groups is 1. The van der Waals surface area contributed by atoms with E-state index in [0.717, 1.165) is 16.8 Å². The molecule has 144 valence electrons. The number of thioether (sulfide) groups is 1. The molecule has 1 aliphatic rings. The van der Waals surface area contributed by atoms with Gasteiger partial charge in [0.1, 0.15) is 0 Å². The number of rotatable bonds is 5. The molecule has 1 fully saturated rings. The van der Waals surface area contributed by atoms with Crippen LogP contribution in [0.5, 0.6) is 0 Å². The van der Waals surface area contributed by atoms with Crippen molar-refractivity contribution in [3.63, 3.8) is 0 Å². The molecule has 1 unspecified atom stereocenters. The lowest BCUT2D eigenvalue weighted by Crippen LogP contribution is -2.32. The van der Waals surface area contributed by atoms with Gasteiger partial charge in [0.2, 0.25) is 5.91 Å². The van der Waals surface area contributed by atoms with Crippen molar-refractivity contribution in [3.8, 4) is 0 Å². The zero-order valence-corrected chi connectivity index (χ0v) is 16.9. The highest BCUT2D eigenvalue weighted by Crippen LogP contribution is 2.34. The van der Waals surface area contributed by atoms with Gasteiger partial charge in [0.05, 0.1) is 17.2 Å². The van der Waals surface area contributed by atoms with Gasteiger partial charge < -0.3 is 0 Å². The lowest BCUT2D eigenvalue weighted by Gasteiger charge is -2.15. The second-order valence-electron chi connectivity index (χ2n) is 6.85. The number of amides is 1. The first kappa shape index (κ1) is 19.2. The predicted octanol–water partition coefficient (Wildman–Crippen LogP) is 5.08. The van der Waals surface area contributed by atoms with Gasteiger partial charge in [0.15, 0.2) is 5.17 Å². The van der Waals surface area contributed by atoms with E-state index in [1.165, 1.54) is 17.3 Å². The molecule has 5 heteroatoms. The molecule has 0 N–H and O–H groups in total. The minimum absolute atomic E-state index is 0.0383. The van der Waals surface area contributed by atoms with Crippen LogP contribution in [0.2, 0.25) is 0 Å². The Morgan fingerprint density at radius 1 is 0.966 bits per heavy atom. The zero-order chi connectivity index (χ0) is 20.1. The van der Waals surface area contributed by atoms with Gasteiger partial charge in [0, 0.05) is 0 Å². The molecule has 1 aliphatic heterocycles. The maximum absolute atomic E-state index is 13.2. The van der Waals surface area contributed by atoms with Crippen LogP contribution in [0.1, 0.15) is 16.7 Å². The molecule has 0 radical (unpaired) electrons.